The van der Waals surface area contributed by atoms with Gasteiger partial charge >= 0.3 is 12.1 Å². The molecule has 8 nitrogen and oxygen atoms in total. The van der Waals surface area contributed by atoms with Gasteiger partial charge in [0.05, 0.1) is 29.1 Å². The number of pyridine rings is 1. The SMILES string of the molecule is CCOC(=O)c1cn(Cc2ccccc2C(F)(F)F)c2ccc(OC3=CC(C)C(NC(C)=O)C=C3)c(CN(C)Cc3ccccc3)c2c1=O. The van der Waals surface area contributed by atoms with Crippen LogP contribution in [0.25, 0.3) is 10.9 Å². The zero-order chi connectivity index (χ0) is 35.3. The monoisotopic (exact) mass is 673 g/mol. The van der Waals surface area contributed by atoms with Crippen LogP contribution in [0.3, 0.4) is 0 Å². The van der Waals surface area contributed by atoms with Gasteiger partial charge in [-0.15, -0.1) is 0 Å². The molecule has 256 valence electrons. The highest BCUT2D eigenvalue weighted by molar-refractivity contribution is 5.95. The first-order valence-corrected chi connectivity index (χ1v) is 15.9. The quantitative estimate of drug-likeness (QED) is 0.175. The van der Waals surface area contributed by atoms with Gasteiger partial charge in [-0.3, -0.25) is 14.5 Å². The molecule has 1 aliphatic carbocycles. The normalized spacial score (nSPS) is 16.0. The van der Waals surface area contributed by atoms with Crippen molar-refractivity contribution in [2.45, 2.75) is 52.6 Å². The molecule has 0 aliphatic heterocycles. The molecule has 11 heteroatoms. The van der Waals surface area contributed by atoms with Crippen molar-refractivity contribution in [1.29, 1.82) is 0 Å². The lowest BCUT2D eigenvalue weighted by molar-refractivity contribution is -0.138. The summed E-state index contributed by atoms with van der Waals surface area (Å²) >= 11 is 0. The van der Waals surface area contributed by atoms with Gasteiger partial charge in [0, 0.05) is 44.2 Å². The Morgan fingerprint density at radius 2 is 1.71 bits per heavy atom. The first kappa shape index (κ1) is 35.2. The maximum absolute atomic E-state index is 14.2. The van der Waals surface area contributed by atoms with Crippen molar-refractivity contribution < 1.29 is 32.2 Å². The smallest absolute Gasteiger partial charge is 0.416 e. The lowest BCUT2D eigenvalue weighted by Crippen LogP contribution is -2.37. The van der Waals surface area contributed by atoms with E-state index in [0.29, 0.717) is 29.1 Å². The molecule has 1 aliphatic rings. The number of esters is 1. The Morgan fingerprint density at radius 1 is 1.00 bits per heavy atom. The Bertz CT molecular complexity index is 1970. The largest absolute Gasteiger partial charge is 0.462 e. The molecule has 2 atom stereocenters. The number of alkyl halides is 3. The van der Waals surface area contributed by atoms with Crippen LogP contribution in [0.5, 0.6) is 5.75 Å². The second-order valence-corrected chi connectivity index (χ2v) is 12.1. The van der Waals surface area contributed by atoms with Crippen LogP contribution in [0.2, 0.25) is 0 Å². The molecule has 0 bridgehead atoms. The van der Waals surface area contributed by atoms with Crippen molar-refractivity contribution in [2.75, 3.05) is 13.7 Å². The molecule has 0 saturated carbocycles. The molecule has 49 heavy (non-hydrogen) atoms. The summed E-state index contributed by atoms with van der Waals surface area (Å²) in [6, 6.07) is 18.0. The van der Waals surface area contributed by atoms with E-state index in [9.17, 15) is 27.6 Å². The van der Waals surface area contributed by atoms with Gasteiger partial charge in [-0.05, 0) is 55.4 Å². The summed E-state index contributed by atoms with van der Waals surface area (Å²) in [7, 11) is 1.88. The Morgan fingerprint density at radius 3 is 2.39 bits per heavy atom. The third kappa shape index (κ3) is 8.29. The van der Waals surface area contributed by atoms with Crippen molar-refractivity contribution in [2.24, 2.45) is 5.92 Å². The van der Waals surface area contributed by atoms with E-state index >= 15 is 0 Å². The maximum atomic E-state index is 14.2. The van der Waals surface area contributed by atoms with Gasteiger partial charge in [-0.25, -0.2) is 4.79 Å². The van der Waals surface area contributed by atoms with E-state index in [1.54, 1.807) is 25.1 Å². The zero-order valence-corrected chi connectivity index (χ0v) is 27.7. The minimum atomic E-state index is -4.61. The van der Waals surface area contributed by atoms with Crippen LogP contribution in [0.1, 0.15) is 53.4 Å². The number of halogens is 3. The molecule has 4 aromatic rings. The Kier molecular flexibility index (Phi) is 10.7. The predicted octanol–water partition coefficient (Wildman–Crippen LogP) is 6.85. The number of ether oxygens (including phenoxy) is 2. The zero-order valence-electron chi connectivity index (χ0n) is 27.7. The first-order valence-electron chi connectivity index (χ1n) is 15.9. The molecule has 3 aromatic carbocycles. The number of carbonyl (C=O) groups excluding carboxylic acids is 2. The average molecular weight is 674 g/mol. The van der Waals surface area contributed by atoms with Gasteiger partial charge in [-0.1, -0.05) is 61.5 Å². The molecule has 1 N–H and O–H groups in total. The minimum Gasteiger partial charge on any atom is -0.462 e. The lowest BCUT2D eigenvalue weighted by atomic mass is 9.96. The van der Waals surface area contributed by atoms with Crippen molar-refractivity contribution in [1.82, 2.24) is 14.8 Å². The van der Waals surface area contributed by atoms with E-state index in [0.717, 1.165) is 11.6 Å². The number of allylic oxidation sites excluding steroid dienone is 1. The highest BCUT2D eigenvalue weighted by atomic mass is 19.4. The number of carbonyl (C=O) groups is 2. The molecule has 1 aromatic heterocycles. The van der Waals surface area contributed by atoms with Gasteiger partial charge in [0.2, 0.25) is 11.3 Å². The third-order valence-electron chi connectivity index (χ3n) is 8.26. The van der Waals surface area contributed by atoms with E-state index in [4.69, 9.17) is 9.47 Å². The number of hydrogen-bond donors (Lipinski definition) is 1. The second-order valence-electron chi connectivity index (χ2n) is 12.1. The standard InChI is InChI=1S/C38H38F3N3O5/c1-5-48-37(47)30-23-44(21-27-13-9-10-14-31(27)38(39,40)41)33-17-18-34(49-28-15-16-32(24(2)19-28)42-25(3)45)29(35(33)36(30)46)22-43(4)20-26-11-7-6-8-12-26/h6-19,23-24,32H,5,20-22H2,1-4H3,(H,42,45). The van der Waals surface area contributed by atoms with E-state index in [2.05, 4.69) is 5.32 Å². The van der Waals surface area contributed by atoms with Crippen LogP contribution >= 0.6 is 0 Å². The number of rotatable bonds is 11. The van der Waals surface area contributed by atoms with Crippen LogP contribution in [-0.2, 0) is 35.3 Å². The number of nitrogens with zero attached hydrogens (tertiary/aromatic N) is 2. The molecule has 5 rings (SSSR count). The summed E-state index contributed by atoms with van der Waals surface area (Å²) in [6.45, 7) is 5.43. The van der Waals surface area contributed by atoms with E-state index in [1.165, 1.54) is 35.9 Å². The van der Waals surface area contributed by atoms with Gasteiger partial charge < -0.3 is 19.4 Å². The fourth-order valence-electron chi connectivity index (χ4n) is 6.01. The van der Waals surface area contributed by atoms with Crippen molar-refractivity contribution in [3.63, 3.8) is 0 Å². The van der Waals surface area contributed by atoms with Crippen LogP contribution in [0.15, 0.2) is 102 Å². The van der Waals surface area contributed by atoms with E-state index in [-0.39, 0.29) is 54.1 Å². The third-order valence-corrected chi connectivity index (χ3v) is 8.26. The molecular weight excluding hydrogens is 635 g/mol. The van der Waals surface area contributed by atoms with Crippen molar-refractivity contribution in [3.8, 4) is 5.75 Å². The number of nitrogens with one attached hydrogen (secondary N) is 1. The molecule has 1 amide bonds. The fraction of sp³-hybridized carbons (Fsp3) is 0.289. The lowest BCUT2D eigenvalue weighted by Gasteiger charge is -2.25. The van der Waals surface area contributed by atoms with Gasteiger partial charge in [0.1, 0.15) is 17.1 Å². The topological polar surface area (TPSA) is 89.9 Å². The predicted molar refractivity (Wildman–Crippen MR) is 181 cm³/mol. The van der Waals surface area contributed by atoms with Crippen molar-refractivity contribution >= 4 is 22.8 Å². The van der Waals surface area contributed by atoms with Crippen LogP contribution < -0.4 is 15.5 Å². The number of hydrogen-bond acceptors (Lipinski definition) is 6. The molecule has 0 saturated heterocycles. The summed E-state index contributed by atoms with van der Waals surface area (Å²) in [6.07, 6.45) is 2.09. The van der Waals surface area contributed by atoms with Crippen LogP contribution in [0.4, 0.5) is 13.2 Å². The van der Waals surface area contributed by atoms with Crippen molar-refractivity contribution in [3.05, 3.63) is 135 Å². The van der Waals surface area contributed by atoms with Gasteiger partial charge in [-0.2, -0.15) is 13.2 Å². The number of fused-ring (bicyclic) bond motifs is 1. The Hall–Kier alpha value is -5.16. The molecule has 1 heterocycles. The fourth-order valence-corrected chi connectivity index (χ4v) is 6.01. The summed E-state index contributed by atoms with van der Waals surface area (Å²) < 4.78 is 55.2. The van der Waals surface area contributed by atoms with Crippen LogP contribution in [0, 0.1) is 5.92 Å². The Labute approximate surface area is 282 Å². The van der Waals surface area contributed by atoms with E-state index < -0.39 is 23.1 Å². The average Bonchev–Trinajstić information content (AvgIpc) is 3.04. The summed E-state index contributed by atoms with van der Waals surface area (Å²) in [5.74, 6) is -0.313. The minimum absolute atomic E-state index is 0.00118. The summed E-state index contributed by atoms with van der Waals surface area (Å²) in [5.41, 5.74) is 0.0506. The number of aromatic nitrogens is 1. The van der Waals surface area contributed by atoms with Gasteiger partial charge in [0.25, 0.3) is 0 Å². The summed E-state index contributed by atoms with van der Waals surface area (Å²) in [4.78, 5) is 41.0. The molecule has 0 fully saturated rings. The molecular formula is C38H38F3N3O5. The molecule has 0 spiro atoms. The van der Waals surface area contributed by atoms with E-state index in [1.807, 2.05) is 61.4 Å². The highest BCUT2D eigenvalue weighted by Crippen LogP contribution is 2.34. The summed E-state index contributed by atoms with van der Waals surface area (Å²) in [5, 5.41) is 3.02. The van der Waals surface area contributed by atoms with Crippen LogP contribution in [-0.4, -0.2) is 41.0 Å². The number of benzene rings is 3. The maximum Gasteiger partial charge on any atom is 0.416 e. The molecule has 0 radical (unpaired) electrons. The number of amides is 1. The molecule has 2 unspecified atom stereocenters. The second kappa shape index (κ2) is 14.9. The first-order chi connectivity index (χ1) is 23.3. The Balaban J connectivity index is 1.68. The van der Waals surface area contributed by atoms with Gasteiger partial charge in [0.15, 0.2) is 0 Å². The highest BCUT2D eigenvalue weighted by Gasteiger charge is 2.33.